The van der Waals surface area contributed by atoms with Crippen molar-refractivity contribution < 1.29 is 28.7 Å². The van der Waals surface area contributed by atoms with Crippen LogP contribution in [0.3, 0.4) is 0 Å². The Bertz CT molecular complexity index is 1310. The predicted molar refractivity (Wildman–Crippen MR) is 216 cm³/mol. The molecular weight excluding hydrogens is 679 g/mol. The molecule has 4 aliphatic carbocycles. The van der Waals surface area contributed by atoms with Gasteiger partial charge in [-0.2, -0.15) is 0 Å². The molecule has 0 bridgehead atoms. The highest BCUT2D eigenvalue weighted by Crippen LogP contribution is 2.67. The lowest BCUT2D eigenvalue weighted by atomic mass is 9.46. The van der Waals surface area contributed by atoms with Crippen LogP contribution in [0.1, 0.15) is 165 Å². The lowest BCUT2D eigenvalue weighted by Crippen LogP contribution is -2.53. The molecular formula is C45H77N3O6. The quantitative estimate of drug-likeness (QED) is 0.0819. The second-order valence-corrected chi connectivity index (χ2v) is 19.3. The molecule has 0 aromatic rings. The van der Waals surface area contributed by atoms with Crippen molar-refractivity contribution in [2.24, 2.45) is 46.3 Å². The standard InChI is InChI=1S/C45H77N3O6/c1-10-53-41(51)24-28-47-40(50)23-27-46-39(49)16-11-12-29-48(42(52)54-43(5,6)7)34-21-25-44(8)33(30-34)17-18-35-37-20-19-36(32(4)15-13-14-31(2)3)45(37,9)26-22-38(35)44/h17,31-32,34-38H,10-16,18-30H2,1-9H3,(H,46,49)(H,47,50)/t32?,34-,35?,36+,37?,38?,44-,45+/m0/s1. The summed E-state index contributed by atoms with van der Waals surface area (Å²) in [7, 11) is 0. The van der Waals surface area contributed by atoms with Gasteiger partial charge in [0.15, 0.2) is 0 Å². The maximum absolute atomic E-state index is 13.7. The fourth-order valence-electron chi connectivity index (χ4n) is 11.3. The van der Waals surface area contributed by atoms with Gasteiger partial charge in [0, 0.05) is 38.5 Å². The van der Waals surface area contributed by atoms with Crippen molar-refractivity contribution in [3.05, 3.63) is 11.6 Å². The Hall–Kier alpha value is -2.58. The summed E-state index contributed by atoms with van der Waals surface area (Å²) >= 11 is 0. The van der Waals surface area contributed by atoms with Crippen molar-refractivity contribution in [1.82, 2.24) is 15.5 Å². The molecule has 0 aromatic carbocycles. The van der Waals surface area contributed by atoms with Crippen LogP contribution in [0.5, 0.6) is 0 Å². The zero-order valence-electron chi connectivity index (χ0n) is 35.7. The van der Waals surface area contributed by atoms with E-state index in [2.05, 4.69) is 51.3 Å². The van der Waals surface area contributed by atoms with Gasteiger partial charge in [0.05, 0.1) is 13.0 Å². The zero-order chi connectivity index (χ0) is 39.7. The average molecular weight is 756 g/mol. The van der Waals surface area contributed by atoms with E-state index in [0.29, 0.717) is 37.8 Å². The Labute approximate surface area is 328 Å². The minimum absolute atomic E-state index is 0.100. The molecule has 9 nitrogen and oxygen atoms in total. The van der Waals surface area contributed by atoms with E-state index < -0.39 is 5.60 Å². The lowest BCUT2D eigenvalue weighted by Gasteiger charge is -2.59. The number of carbonyl (C=O) groups is 4. The minimum atomic E-state index is -0.583. The van der Waals surface area contributed by atoms with Gasteiger partial charge in [-0.3, -0.25) is 14.4 Å². The molecule has 3 saturated carbocycles. The van der Waals surface area contributed by atoms with E-state index in [-0.39, 0.29) is 61.3 Å². The van der Waals surface area contributed by atoms with E-state index in [1.165, 1.54) is 51.4 Å². The van der Waals surface area contributed by atoms with Gasteiger partial charge >= 0.3 is 12.1 Å². The van der Waals surface area contributed by atoms with Crippen molar-refractivity contribution in [2.45, 2.75) is 177 Å². The molecule has 4 aliphatic rings. The Morgan fingerprint density at radius 2 is 1.57 bits per heavy atom. The summed E-state index contributed by atoms with van der Waals surface area (Å²) in [6.45, 7) is 21.3. The average Bonchev–Trinajstić information content (AvgIpc) is 3.44. The SMILES string of the molecule is CCOC(=O)CCNC(=O)CCNC(=O)CCCCN(C(=O)OC(C)(C)C)[C@H]1CC[C@@]2(C)C(=CCC3C2CC[C@@]2(C)C3CC[C@@H]2C(C)CCCC(C)C)C1. The number of rotatable bonds is 18. The zero-order valence-corrected chi connectivity index (χ0v) is 35.7. The summed E-state index contributed by atoms with van der Waals surface area (Å²) in [5.41, 5.74) is 1.67. The number of hydrogen-bond donors (Lipinski definition) is 2. The van der Waals surface area contributed by atoms with Crippen LogP contribution in [0, 0.1) is 46.3 Å². The third kappa shape index (κ3) is 11.5. The Morgan fingerprint density at radius 3 is 2.26 bits per heavy atom. The fraction of sp³-hybridized carbons (Fsp3) is 0.867. The molecule has 3 fully saturated rings. The second kappa shape index (κ2) is 19.5. The molecule has 0 heterocycles. The van der Waals surface area contributed by atoms with Crippen molar-refractivity contribution in [3.63, 3.8) is 0 Å². The first-order valence-electron chi connectivity index (χ1n) is 21.9. The van der Waals surface area contributed by atoms with Crippen LogP contribution in [-0.4, -0.2) is 66.7 Å². The normalized spacial score (nSPS) is 29.6. The van der Waals surface area contributed by atoms with Crippen molar-refractivity contribution >= 4 is 23.9 Å². The van der Waals surface area contributed by atoms with Gasteiger partial charge in [-0.05, 0) is 138 Å². The summed E-state index contributed by atoms with van der Waals surface area (Å²) in [6.07, 6.45) is 18.1. The van der Waals surface area contributed by atoms with E-state index in [9.17, 15) is 19.2 Å². The van der Waals surface area contributed by atoms with Gasteiger partial charge in [0.1, 0.15) is 5.60 Å². The first-order chi connectivity index (χ1) is 25.5. The monoisotopic (exact) mass is 756 g/mol. The number of nitrogens with zero attached hydrogens (tertiary/aromatic N) is 1. The molecule has 0 radical (unpaired) electrons. The summed E-state index contributed by atoms with van der Waals surface area (Å²) in [4.78, 5) is 51.7. The number of carbonyl (C=O) groups excluding carboxylic acids is 4. The topological polar surface area (TPSA) is 114 Å². The number of ether oxygens (including phenoxy) is 2. The number of amides is 3. The largest absolute Gasteiger partial charge is 0.466 e. The van der Waals surface area contributed by atoms with Crippen molar-refractivity contribution in [3.8, 4) is 0 Å². The van der Waals surface area contributed by atoms with E-state index in [0.717, 1.165) is 54.8 Å². The van der Waals surface area contributed by atoms with Crippen LogP contribution in [0.2, 0.25) is 0 Å². The molecule has 308 valence electrons. The Kier molecular flexibility index (Phi) is 16.0. The molecule has 9 heteroatoms. The van der Waals surface area contributed by atoms with E-state index in [4.69, 9.17) is 9.47 Å². The van der Waals surface area contributed by atoms with Crippen molar-refractivity contribution in [1.29, 1.82) is 0 Å². The molecule has 2 N–H and O–H groups in total. The van der Waals surface area contributed by atoms with Gasteiger partial charge in [-0.1, -0.05) is 65.5 Å². The molecule has 0 aliphatic heterocycles. The van der Waals surface area contributed by atoms with E-state index in [1.54, 1.807) is 12.5 Å². The first-order valence-corrected chi connectivity index (χ1v) is 21.9. The maximum Gasteiger partial charge on any atom is 0.410 e. The van der Waals surface area contributed by atoms with Gasteiger partial charge in [-0.15, -0.1) is 0 Å². The number of fused-ring (bicyclic) bond motifs is 5. The molecule has 0 aromatic heterocycles. The first kappa shape index (κ1) is 44.1. The van der Waals surface area contributed by atoms with Crippen LogP contribution in [0.4, 0.5) is 4.79 Å². The lowest BCUT2D eigenvalue weighted by molar-refractivity contribution is -0.143. The Morgan fingerprint density at radius 1 is 0.870 bits per heavy atom. The van der Waals surface area contributed by atoms with Crippen LogP contribution >= 0.6 is 0 Å². The van der Waals surface area contributed by atoms with E-state index >= 15 is 0 Å². The van der Waals surface area contributed by atoms with E-state index in [1.807, 2.05) is 25.7 Å². The van der Waals surface area contributed by atoms with Gasteiger partial charge < -0.3 is 25.0 Å². The molecule has 8 atom stereocenters. The van der Waals surface area contributed by atoms with Crippen LogP contribution in [0.25, 0.3) is 0 Å². The fourth-order valence-corrected chi connectivity index (χ4v) is 11.3. The molecule has 0 spiro atoms. The number of allylic oxidation sites excluding steroid dienone is 1. The van der Waals surface area contributed by atoms with Crippen LogP contribution in [0.15, 0.2) is 11.6 Å². The van der Waals surface area contributed by atoms with Crippen LogP contribution < -0.4 is 10.6 Å². The van der Waals surface area contributed by atoms with Crippen molar-refractivity contribution in [2.75, 3.05) is 26.2 Å². The number of hydrogen-bond acceptors (Lipinski definition) is 6. The molecule has 3 amide bonds. The van der Waals surface area contributed by atoms with Crippen LogP contribution in [-0.2, 0) is 23.9 Å². The van der Waals surface area contributed by atoms with Gasteiger partial charge in [-0.25, -0.2) is 4.79 Å². The summed E-state index contributed by atoms with van der Waals surface area (Å²) < 4.78 is 10.8. The summed E-state index contributed by atoms with van der Waals surface area (Å²) in [6, 6.07) is 0.100. The third-order valence-electron chi connectivity index (χ3n) is 14.0. The second-order valence-electron chi connectivity index (χ2n) is 19.3. The molecule has 54 heavy (non-hydrogen) atoms. The molecule has 0 saturated heterocycles. The number of nitrogens with one attached hydrogen (secondary N) is 2. The van der Waals surface area contributed by atoms with Gasteiger partial charge in [0.25, 0.3) is 0 Å². The highest BCUT2D eigenvalue weighted by Gasteiger charge is 2.59. The summed E-state index contributed by atoms with van der Waals surface area (Å²) in [5.74, 6) is 4.15. The minimum Gasteiger partial charge on any atom is -0.466 e. The smallest absolute Gasteiger partial charge is 0.410 e. The predicted octanol–water partition coefficient (Wildman–Crippen LogP) is 9.38. The Balaban J connectivity index is 1.30. The summed E-state index contributed by atoms with van der Waals surface area (Å²) in [5, 5.41) is 5.51. The number of esters is 1. The maximum atomic E-state index is 13.7. The number of unbranched alkanes of at least 4 members (excludes halogenated alkanes) is 1. The highest BCUT2D eigenvalue weighted by atomic mass is 16.6. The molecule has 4 rings (SSSR count). The molecule has 4 unspecified atom stereocenters. The third-order valence-corrected chi connectivity index (χ3v) is 14.0. The highest BCUT2D eigenvalue weighted by molar-refractivity contribution is 5.79. The van der Waals surface area contributed by atoms with Gasteiger partial charge in [0.2, 0.25) is 11.8 Å².